The molecular weight excluding hydrogens is 617 g/mol. The molecule has 46 heavy (non-hydrogen) atoms. The molecule has 4 aromatic rings. The molecular formula is C32H34FN5O7S. The van der Waals surface area contributed by atoms with Crippen LogP contribution in [0.5, 0.6) is 17.2 Å². The van der Waals surface area contributed by atoms with Crippen molar-refractivity contribution in [1.29, 1.82) is 0 Å². The Kier molecular flexibility index (Phi) is 10.2. The first-order valence-electron chi connectivity index (χ1n) is 14.4. The van der Waals surface area contributed by atoms with E-state index in [0.717, 1.165) is 43.6 Å². The standard InChI is InChI=1S/C32H34FN5O7S/c1-37-14-12-22(13-15-37)19-44-30-10-4-23(16-31(30)43-3)28-18-32(35-20-34-28)36-24-5-7-25(8-6-24)38(45-21-39)46(40,41)26-9-11-29(42-2)27(33)17-26/h4-11,16-18,20-22H,12-15,19H2,1-3H3,(H,34,35,36). The summed E-state index contributed by atoms with van der Waals surface area (Å²) in [4.78, 5) is 26.6. The van der Waals surface area contributed by atoms with E-state index in [-0.39, 0.29) is 17.9 Å². The molecule has 0 radical (unpaired) electrons. The second kappa shape index (κ2) is 14.4. The number of halogens is 1. The maximum Gasteiger partial charge on any atom is 0.322 e. The molecule has 1 aliphatic heterocycles. The van der Waals surface area contributed by atoms with Crippen molar-refractivity contribution >= 4 is 33.7 Å². The van der Waals surface area contributed by atoms with Crippen molar-refractivity contribution in [2.75, 3.05) is 50.7 Å². The Morgan fingerprint density at radius 1 is 0.957 bits per heavy atom. The summed E-state index contributed by atoms with van der Waals surface area (Å²) < 4.78 is 57.6. The zero-order valence-electron chi connectivity index (χ0n) is 25.6. The molecule has 3 aromatic carbocycles. The number of hydrogen-bond acceptors (Lipinski definition) is 11. The minimum atomic E-state index is -4.47. The second-order valence-electron chi connectivity index (χ2n) is 10.6. The van der Waals surface area contributed by atoms with E-state index in [4.69, 9.17) is 19.0 Å². The smallest absolute Gasteiger partial charge is 0.322 e. The normalized spacial score (nSPS) is 13.9. The molecule has 242 valence electrons. The number of ether oxygens (including phenoxy) is 3. The van der Waals surface area contributed by atoms with Crippen LogP contribution in [0, 0.1) is 11.7 Å². The fourth-order valence-corrected chi connectivity index (χ4v) is 6.21. The van der Waals surface area contributed by atoms with Crippen molar-refractivity contribution in [2.45, 2.75) is 17.7 Å². The number of nitrogens with zero attached hydrogens (tertiary/aromatic N) is 4. The molecule has 1 saturated heterocycles. The number of nitrogens with one attached hydrogen (secondary N) is 1. The zero-order chi connectivity index (χ0) is 32.7. The number of carbonyl (C=O) groups is 1. The molecule has 5 rings (SSSR count). The lowest BCUT2D eigenvalue weighted by Crippen LogP contribution is -2.32. The first-order chi connectivity index (χ1) is 22.2. The minimum Gasteiger partial charge on any atom is -0.494 e. The van der Waals surface area contributed by atoms with Crippen molar-refractivity contribution in [3.63, 3.8) is 0 Å². The van der Waals surface area contributed by atoms with Gasteiger partial charge in [-0.25, -0.2) is 14.4 Å². The largest absolute Gasteiger partial charge is 0.494 e. The number of anilines is 3. The molecule has 1 N–H and O–H groups in total. The molecule has 0 unspecified atom stereocenters. The van der Waals surface area contributed by atoms with Gasteiger partial charge in [0.15, 0.2) is 23.1 Å². The number of hydrogen-bond donors (Lipinski definition) is 1. The molecule has 0 saturated carbocycles. The molecule has 0 amide bonds. The van der Waals surface area contributed by atoms with Crippen LogP contribution in [0.15, 0.2) is 78.0 Å². The van der Waals surface area contributed by atoms with Crippen LogP contribution in [-0.2, 0) is 19.7 Å². The lowest BCUT2D eigenvalue weighted by atomic mass is 9.98. The Labute approximate surface area is 266 Å². The summed E-state index contributed by atoms with van der Waals surface area (Å²) in [6.07, 6.45) is 3.62. The van der Waals surface area contributed by atoms with Gasteiger partial charge < -0.3 is 29.3 Å². The molecule has 0 aliphatic carbocycles. The van der Waals surface area contributed by atoms with E-state index in [1.165, 1.54) is 31.6 Å². The predicted octanol–water partition coefficient (Wildman–Crippen LogP) is 5.05. The number of carbonyl (C=O) groups excluding carboxylic acids is 1. The highest BCUT2D eigenvalue weighted by Gasteiger charge is 2.28. The summed E-state index contributed by atoms with van der Waals surface area (Å²) in [5.74, 6) is 1.24. The average molecular weight is 652 g/mol. The van der Waals surface area contributed by atoms with Crippen molar-refractivity contribution in [2.24, 2.45) is 5.92 Å². The van der Waals surface area contributed by atoms with Crippen LogP contribution in [0.25, 0.3) is 11.3 Å². The van der Waals surface area contributed by atoms with Gasteiger partial charge in [-0.05, 0) is 99.6 Å². The van der Waals surface area contributed by atoms with Gasteiger partial charge in [0.2, 0.25) is 0 Å². The highest BCUT2D eigenvalue weighted by molar-refractivity contribution is 7.92. The lowest BCUT2D eigenvalue weighted by Gasteiger charge is -2.28. The molecule has 1 aliphatic rings. The molecule has 0 spiro atoms. The maximum atomic E-state index is 14.2. The monoisotopic (exact) mass is 651 g/mol. The number of benzene rings is 3. The zero-order valence-corrected chi connectivity index (χ0v) is 26.4. The maximum absolute atomic E-state index is 14.2. The molecule has 14 heteroatoms. The topological polar surface area (TPSA) is 132 Å². The van der Waals surface area contributed by atoms with Gasteiger partial charge in [0.25, 0.3) is 10.0 Å². The van der Waals surface area contributed by atoms with Gasteiger partial charge in [0.05, 0.1) is 37.1 Å². The van der Waals surface area contributed by atoms with Crippen LogP contribution in [0.4, 0.5) is 21.6 Å². The van der Waals surface area contributed by atoms with E-state index in [1.807, 2.05) is 18.2 Å². The Morgan fingerprint density at radius 3 is 2.35 bits per heavy atom. The summed E-state index contributed by atoms with van der Waals surface area (Å²) in [5.41, 5.74) is 1.99. The molecule has 0 atom stereocenters. The summed E-state index contributed by atoms with van der Waals surface area (Å²) in [5, 5.41) is 3.15. The number of sulfonamides is 1. The van der Waals surface area contributed by atoms with E-state index in [9.17, 15) is 17.6 Å². The molecule has 1 fully saturated rings. The first-order valence-corrected chi connectivity index (χ1v) is 15.8. The molecule has 1 aromatic heterocycles. The van der Waals surface area contributed by atoms with E-state index in [0.29, 0.717) is 45.7 Å². The number of aromatic nitrogens is 2. The Bertz CT molecular complexity index is 1770. The highest BCUT2D eigenvalue weighted by atomic mass is 32.2. The summed E-state index contributed by atoms with van der Waals surface area (Å²) in [6.45, 7) is 2.74. The first kappa shape index (κ1) is 32.4. The number of likely N-dealkylation sites (tertiary alicyclic amines) is 1. The van der Waals surface area contributed by atoms with E-state index in [2.05, 4.69) is 27.2 Å². The third-order valence-electron chi connectivity index (χ3n) is 7.57. The van der Waals surface area contributed by atoms with Crippen LogP contribution in [0.1, 0.15) is 12.8 Å². The Morgan fingerprint density at radius 2 is 1.67 bits per heavy atom. The van der Waals surface area contributed by atoms with Gasteiger partial charge in [-0.1, -0.05) is 4.47 Å². The van der Waals surface area contributed by atoms with Gasteiger partial charge in [-0.15, -0.1) is 0 Å². The van der Waals surface area contributed by atoms with Crippen LogP contribution in [0.2, 0.25) is 0 Å². The highest BCUT2D eigenvalue weighted by Crippen LogP contribution is 2.34. The predicted molar refractivity (Wildman–Crippen MR) is 169 cm³/mol. The van der Waals surface area contributed by atoms with Crippen LogP contribution >= 0.6 is 0 Å². The van der Waals surface area contributed by atoms with Crippen LogP contribution < -0.4 is 24.0 Å². The van der Waals surface area contributed by atoms with Crippen molar-refractivity contribution < 1.29 is 36.7 Å². The van der Waals surface area contributed by atoms with Crippen molar-refractivity contribution in [1.82, 2.24) is 14.9 Å². The van der Waals surface area contributed by atoms with Crippen LogP contribution in [-0.4, -0.2) is 70.7 Å². The Balaban J connectivity index is 1.29. The molecule has 12 nitrogen and oxygen atoms in total. The minimum absolute atomic E-state index is 0.00230. The number of piperidine rings is 1. The fraction of sp³-hybridized carbons (Fsp3) is 0.281. The average Bonchev–Trinajstić information content (AvgIpc) is 3.07. The van der Waals surface area contributed by atoms with Gasteiger partial charge in [0, 0.05) is 17.3 Å². The third kappa shape index (κ3) is 7.46. The lowest BCUT2D eigenvalue weighted by molar-refractivity contribution is -0.128. The van der Waals surface area contributed by atoms with E-state index < -0.39 is 20.7 Å². The van der Waals surface area contributed by atoms with Gasteiger partial charge in [0.1, 0.15) is 12.1 Å². The quantitative estimate of drug-likeness (QED) is 0.154. The number of methoxy groups -OCH3 is 2. The van der Waals surface area contributed by atoms with Crippen molar-refractivity contribution in [3.05, 3.63) is 78.9 Å². The van der Waals surface area contributed by atoms with Gasteiger partial charge in [-0.2, -0.15) is 8.42 Å². The third-order valence-corrected chi connectivity index (χ3v) is 9.15. The van der Waals surface area contributed by atoms with E-state index >= 15 is 0 Å². The van der Waals surface area contributed by atoms with Crippen LogP contribution in [0.3, 0.4) is 0 Å². The number of rotatable bonds is 13. The van der Waals surface area contributed by atoms with Crippen molar-refractivity contribution in [3.8, 4) is 28.5 Å². The Hall–Kier alpha value is -4.95. The molecule has 2 heterocycles. The fourth-order valence-electron chi connectivity index (χ4n) is 4.98. The summed E-state index contributed by atoms with van der Waals surface area (Å²) in [6, 6.07) is 16.5. The van der Waals surface area contributed by atoms with Gasteiger partial charge in [-0.3, -0.25) is 4.79 Å². The second-order valence-corrected chi connectivity index (χ2v) is 12.4. The SMILES string of the molecule is COc1ccc(S(=O)(=O)N(OC=O)c2ccc(Nc3cc(-c4ccc(OCC5CCN(C)CC5)c(OC)c4)ncn3)cc2)cc1F. The summed E-state index contributed by atoms with van der Waals surface area (Å²) >= 11 is 0. The summed E-state index contributed by atoms with van der Waals surface area (Å²) in [7, 11) is 0.519. The van der Waals surface area contributed by atoms with E-state index in [1.54, 1.807) is 25.3 Å². The van der Waals surface area contributed by atoms with Gasteiger partial charge >= 0.3 is 6.47 Å². The molecule has 0 bridgehead atoms.